The average Bonchev–Trinajstić information content (AvgIpc) is 2.69. The van der Waals surface area contributed by atoms with Gasteiger partial charge in [0.05, 0.1) is 0 Å². The van der Waals surface area contributed by atoms with Gasteiger partial charge in [0, 0.05) is 38.4 Å². The van der Waals surface area contributed by atoms with Crippen LogP contribution in [0, 0.1) is 5.92 Å². The van der Waals surface area contributed by atoms with Crippen LogP contribution in [0.15, 0.2) is 6.20 Å². The summed E-state index contributed by atoms with van der Waals surface area (Å²) in [4.78, 5) is 0. The molecule has 0 bridgehead atoms. The Morgan fingerprint density at radius 3 is 2.68 bits per heavy atom. The second-order valence-corrected chi connectivity index (χ2v) is 6.74. The highest BCUT2D eigenvalue weighted by Gasteiger charge is 2.27. The van der Waals surface area contributed by atoms with E-state index in [0.29, 0.717) is 30.4 Å². The lowest BCUT2D eigenvalue weighted by molar-refractivity contribution is 0.289. The minimum atomic E-state index is -3.53. The van der Waals surface area contributed by atoms with Crippen LogP contribution < -0.4 is 10.5 Å². The van der Waals surface area contributed by atoms with Gasteiger partial charge in [0.25, 0.3) is 0 Å². The lowest BCUT2D eigenvalue weighted by atomic mass is 10.0. The first kappa shape index (κ1) is 14.3. The Hall–Kier alpha value is -1.12. The van der Waals surface area contributed by atoms with E-state index in [4.69, 9.17) is 5.73 Å². The van der Waals surface area contributed by atoms with Crippen LogP contribution in [0.4, 0.5) is 5.82 Å². The first-order valence-corrected chi connectivity index (χ1v) is 7.87. The quantitative estimate of drug-likeness (QED) is 0.831. The van der Waals surface area contributed by atoms with Crippen molar-refractivity contribution in [3.63, 3.8) is 0 Å². The molecule has 1 fully saturated rings. The van der Waals surface area contributed by atoms with Crippen molar-refractivity contribution in [1.29, 1.82) is 0 Å². The van der Waals surface area contributed by atoms with E-state index >= 15 is 0 Å². The number of piperidine rings is 1. The zero-order valence-electron chi connectivity index (χ0n) is 11.3. The van der Waals surface area contributed by atoms with Gasteiger partial charge in [0.15, 0.2) is 5.82 Å². The normalized spacial score (nSPS) is 18.7. The average molecular weight is 287 g/mol. The van der Waals surface area contributed by atoms with E-state index in [1.54, 1.807) is 17.9 Å². The summed E-state index contributed by atoms with van der Waals surface area (Å²) in [7, 11) is -1.79. The zero-order chi connectivity index (χ0) is 14.0. The van der Waals surface area contributed by atoms with Gasteiger partial charge in [0.2, 0.25) is 0 Å². The molecule has 0 amide bonds. The van der Waals surface area contributed by atoms with Gasteiger partial charge in [-0.15, -0.1) is 0 Å². The molecule has 0 radical (unpaired) electrons. The van der Waals surface area contributed by atoms with E-state index in [1.807, 2.05) is 0 Å². The molecule has 0 atom stereocenters. The minimum absolute atomic E-state index is 0.253. The highest BCUT2D eigenvalue weighted by Crippen LogP contribution is 2.21. The molecular weight excluding hydrogens is 266 g/mol. The van der Waals surface area contributed by atoms with Gasteiger partial charge in [-0.1, -0.05) is 6.92 Å². The maximum atomic E-state index is 12.3. The largest absolute Gasteiger partial charge is 0.326 e. The first-order chi connectivity index (χ1) is 8.92. The van der Waals surface area contributed by atoms with E-state index in [2.05, 4.69) is 16.7 Å². The van der Waals surface area contributed by atoms with Crippen LogP contribution in [0.25, 0.3) is 0 Å². The summed E-state index contributed by atoms with van der Waals surface area (Å²) in [5.41, 5.74) is 6.27. The van der Waals surface area contributed by atoms with Gasteiger partial charge in [0.1, 0.15) is 0 Å². The maximum Gasteiger partial charge on any atom is 0.302 e. The van der Waals surface area contributed by atoms with Crippen LogP contribution >= 0.6 is 0 Å². The zero-order valence-corrected chi connectivity index (χ0v) is 12.2. The SMILES string of the molecule is CC1CCN(S(=O)(=O)Nc2nn(C)cc2CN)CC1. The number of aromatic nitrogens is 2. The van der Waals surface area contributed by atoms with Crippen LogP contribution in [0.1, 0.15) is 25.3 Å². The van der Waals surface area contributed by atoms with Gasteiger partial charge < -0.3 is 5.73 Å². The number of nitrogens with two attached hydrogens (primary N) is 1. The van der Waals surface area contributed by atoms with Crippen molar-refractivity contribution in [3.05, 3.63) is 11.8 Å². The van der Waals surface area contributed by atoms with Crippen LogP contribution in [0.3, 0.4) is 0 Å². The number of aryl methyl sites for hydroxylation is 1. The fraction of sp³-hybridized carbons (Fsp3) is 0.727. The predicted molar refractivity (Wildman–Crippen MR) is 73.6 cm³/mol. The number of anilines is 1. The standard InChI is InChI=1S/C11H21N5O2S/c1-9-3-5-16(6-4-9)19(17,18)14-11-10(7-12)8-15(2)13-11/h8-9H,3-7,12H2,1-2H3,(H,13,14). The van der Waals surface area contributed by atoms with Crippen LogP contribution in [0.2, 0.25) is 0 Å². The highest BCUT2D eigenvalue weighted by molar-refractivity contribution is 7.90. The summed E-state index contributed by atoms with van der Waals surface area (Å²) >= 11 is 0. The molecule has 1 aliphatic rings. The predicted octanol–water partition coefficient (Wildman–Crippen LogP) is 0.267. The van der Waals surface area contributed by atoms with Crippen LogP contribution in [-0.4, -0.2) is 35.6 Å². The number of hydrogen-bond donors (Lipinski definition) is 2. The summed E-state index contributed by atoms with van der Waals surface area (Å²) in [6, 6.07) is 0. The molecule has 8 heteroatoms. The Balaban J connectivity index is 2.12. The summed E-state index contributed by atoms with van der Waals surface area (Å²) in [6.45, 7) is 3.51. The molecule has 7 nitrogen and oxygen atoms in total. The molecule has 0 saturated carbocycles. The van der Waals surface area contributed by atoms with Crippen molar-refractivity contribution >= 4 is 16.0 Å². The van der Waals surface area contributed by atoms with Crippen LogP contribution in [0.5, 0.6) is 0 Å². The van der Waals surface area contributed by atoms with Crippen molar-refractivity contribution < 1.29 is 8.42 Å². The molecule has 2 rings (SSSR count). The monoisotopic (exact) mass is 287 g/mol. The van der Waals surface area contributed by atoms with Crippen molar-refractivity contribution in [2.75, 3.05) is 17.8 Å². The summed E-state index contributed by atoms with van der Waals surface area (Å²) in [6.07, 6.45) is 3.51. The second-order valence-electron chi connectivity index (χ2n) is 5.07. The third-order valence-electron chi connectivity index (χ3n) is 3.43. The van der Waals surface area contributed by atoms with Crippen molar-refractivity contribution in [2.24, 2.45) is 18.7 Å². The highest BCUT2D eigenvalue weighted by atomic mass is 32.2. The third kappa shape index (κ3) is 3.26. The molecule has 0 aromatic carbocycles. The van der Waals surface area contributed by atoms with Crippen molar-refractivity contribution in [2.45, 2.75) is 26.3 Å². The molecule has 3 N–H and O–H groups in total. The summed E-state index contributed by atoms with van der Waals surface area (Å²) in [5, 5.41) is 4.10. The molecule has 0 aliphatic carbocycles. The molecule has 1 aliphatic heterocycles. The molecule has 0 unspecified atom stereocenters. The molecule has 19 heavy (non-hydrogen) atoms. The topological polar surface area (TPSA) is 93.2 Å². The van der Waals surface area contributed by atoms with Gasteiger partial charge in [-0.2, -0.15) is 17.8 Å². The lowest BCUT2D eigenvalue weighted by Crippen LogP contribution is -2.41. The Bertz CT molecular complexity index is 531. The minimum Gasteiger partial charge on any atom is -0.326 e. The van der Waals surface area contributed by atoms with Crippen molar-refractivity contribution in [1.82, 2.24) is 14.1 Å². The Kier molecular flexibility index (Phi) is 4.12. The molecular formula is C11H21N5O2S. The van der Waals surface area contributed by atoms with E-state index in [1.165, 1.54) is 4.31 Å². The van der Waals surface area contributed by atoms with E-state index in [9.17, 15) is 8.42 Å². The number of hydrogen-bond acceptors (Lipinski definition) is 4. The number of rotatable bonds is 4. The summed E-state index contributed by atoms with van der Waals surface area (Å²) in [5.74, 6) is 0.907. The van der Waals surface area contributed by atoms with Gasteiger partial charge in [-0.3, -0.25) is 9.40 Å². The molecule has 108 valence electrons. The number of nitrogens with one attached hydrogen (secondary N) is 1. The van der Waals surface area contributed by atoms with E-state index in [0.717, 1.165) is 12.8 Å². The third-order valence-corrected chi connectivity index (χ3v) is 4.93. The van der Waals surface area contributed by atoms with E-state index in [-0.39, 0.29) is 6.54 Å². The van der Waals surface area contributed by atoms with Gasteiger partial charge in [-0.05, 0) is 18.8 Å². The summed E-state index contributed by atoms with van der Waals surface area (Å²) < 4.78 is 30.1. The fourth-order valence-corrected chi connectivity index (χ4v) is 3.42. The molecule has 2 heterocycles. The van der Waals surface area contributed by atoms with Gasteiger partial charge >= 0.3 is 10.2 Å². The number of nitrogens with zero attached hydrogens (tertiary/aromatic N) is 3. The first-order valence-electron chi connectivity index (χ1n) is 6.43. The molecule has 1 aromatic heterocycles. The smallest absolute Gasteiger partial charge is 0.302 e. The fourth-order valence-electron chi connectivity index (χ4n) is 2.18. The lowest BCUT2D eigenvalue weighted by Gasteiger charge is -2.29. The van der Waals surface area contributed by atoms with Gasteiger partial charge in [-0.25, -0.2) is 0 Å². The Labute approximate surface area is 113 Å². The molecule has 1 aromatic rings. The second kappa shape index (κ2) is 5.48. The Morgan fingerprint density at radius 1 is 1.47 bits per heavy atom. The van der Waals surface area contributed by atoms with Crippen LogP contribution in [-0.2, 0) is 23.8 Å². The maximum absolute atomic E-state index is 12.3. The Morgan fingerprint density at radius 2 is 2.11 bits per heavy atom. The molecule has 1 saturated heterocycles. The van der Waals surface area contributed by atoms with E-state index < -0.39 is 10.2 Å². The molecule has 0 spiro atoms. The van der Waals surface area contributed by atoms with Crippen molar-refractivity contribution in [3.8, 4) is 0 Å².